The smallest absolute Gasteiger partial charge is 0.240 e. The summed E-state index contributed by atoms with van der Waals surface area (Å²) in [6, 6.07) is 16.8. The molecule has 1 atom stereocenters. The first kappa shape index (κ1) is 17.0. The van der Waals surface area contributed by atoms with E-state index in [1.54, 1.807) is 0 Å². The summed E-state index contributed by atoms with van der Waals surface area (Å²) in [4.78, 5) is 23.4. The van der Waals surface area contributed by atoms with Crippen LogP contribution in [0.4, 0.5) is 0 Å². The van der Waals surface area contributed by atoms with Gasteiger partial charge in [-0.05, 0) is 36.1 Å². The molecule has 3 N–H and O–H groups in total. The minimum atomic E-state index is -0.677. The lowest BCUT2D eigenvalue weighted by molar-refractivity contribution is -0.128. The highest BCUT2D eigenvalue weighted by molar-refractivity contribution is 5.88. The molecule has 0 saturated heterocycles. The molecular formula is C20H22N2O3. The number of nitrogens with one attached hydrogen (secondary N) is 1. The predicted octanol–water partition coefficient (Wildman–Crippen LogP) is 2.19. The Balaban J connectivity index is 1.55. The van der Waals surface area contributed by atoms with E-state index in [1.807, 2.05) is 54.6 Å². The van der Waals surface area contributed by atoms with Crippen LogP contribution in [0.2, 0.25) is 0 Å². The van der Waals surface area contributed by atoms with Crippen molar-refractivity contribution in [2.75, 3.05) is 0 Å². The Morgan fingerprint density at radius 1 is 1.04 bits per heavy atom. The lowest BCUT2D eigenvalue weighted by atomic mass is 10.0. The Labute approximate surface area is 147 Å². The first-order valence-corrected chi connectivity index (χ1v) is 8.47. The number of carbonyl (C=O) groups is 2. The maximum atomic E-state index is 11.8. The van der Waals surface area contributed by atoms with Crippen LogP contribution in [0.5, 0.6) is 5.75 Å². The van der Waals surface area contributed by atoms with E-state index >= 15 is 0 Å². The molecule has 1 saturated carbocycles. The van der Waals surface area contributed by atoms with E-state index < -0.39 is 11.9 Å². The second-order valence-electron chi connectivity index (χ2n) is 6.36. The van der Waals surface area contributed by atoms with Crippen molar-refractivity contribution in [1.82, 2.24) is 5.32 Å². The van der Waals surface area contributed by atoms with Crippen LogP contribution in [-0.4, -0.2) is 17.9 Å². The molecule has 0 bridgehead atoms. The van der Waals surface area contributed by atoms with E-state index in [2.05, 4.69) is 5.32 Å². The number of rotatable bonds is 8. The molecule has 5 heteroatoms. The molecule has 2 amide bonds. The van der Waals surface area contributed by atoms with Gasteiger partial charge in [0.05, 0.1) is 0 Å². The third-order valence-electron chi connectivity index (χ3n) is 4.22. The highest BCUT2D eigenvalue weighted by atomic mass is 16.5. The minimum Gasteiger partial charge on any atom is -0.489 e. The molecule has 0 heterocycles. The molecule has 1 aliphatic carbocycles. The van der Waals surface area contributed by atoms with Crippen LogP contribution in [0.3, 0.4) is 0 Å². The van der Waals surface area contributed by atoms with E-state index in [-0.39, 0.29) is 11.8 Å². The van der Waals surface area contributed by atoms with Crippen molar-refractivity contribution in [2.24, 2.45) is 11.7 Å². The van der Waals surface area contributed by atoms with Gasteiger partial charge in [0.15, 0.2) is 0 Å². The predicted molar refractivity (Wildman–Crippen MR) is 94.8 cm³/mol. The average Bonchev–Trinajstić information content (AvgIpc) is 3.46. The van der Waals surface area contributed by atoms with E-state index in [0.29, 0.717) is 13.0 Å². The third kappa shape index (κ3) is 5.08. The number of hydrogen-bond donors (Lipinski definition) is 2. The van der Waals surface area contributed by atoms with Crippen LogP contribution in [0, 0.1) is 5.92 Å². The van der Waals surface area contributed by atoms with E-state index in [4.69, 9.17) is 10.5 Å². The standard InChI is InChI=1S/C20H22N2O3/c21-19(23)18(22-20(24)16-8-9-16)12-14-6-10-17(11-7-14)25-13-15-4-2-1-3-5-15/h1-7,10-11,16,18H,8-9,12-13H2,(H2,21,23)(H,22,24)/t18-/m0/s1. The highest BCUT2D eigenvalue weighted by Crippen LogP contribution is 2.29. The molecule has 130 valence electrons. The summed E-state index contributed by atoms with van der Waals surface area (Å²) < 4.78 is 5.74. The van der Waals surface area contributed by atoms with Crippen LogP contribution in [0.25, 0.3) is 0 Å². The zero-order chi connectivity index (χ0) is 17.6. The first-order chi connectivity index (χ1) is 12.1. The molecule has 0 radical (unpaired) electrons. The van der Waals surface area contributed by atoms with Crippen LogP contribution in [0.1, 0.15) is 24.0 Å². The van der Waals surface area contributed by atoms with Gasteiger partial charge in [0.25, 0.3) is 0 Å². The van der Waals surface area contributed by atoms with Crippen molar-refractivity contribution >= 4 is 11.8 Å². The summed E-state index contributed by atoms with van der Waals surface area (Å²) in [5, 5.41) is 2.74. The van der Waals surface area contributed by atoms with Crippen molar-refractivity contribution in [3.05, 3.63) is 65.7 Å². The quantitative estimate of drug-likeness (QED) is 0.774. The first-order valence-electron chi connectivity index (χ1n) is 8.47. The fourth-order valence-electron chi connectivity index (χ4n) is 2.56. The summed E-state index contributed by atoms with van der Waals surface area (Å²) >= 11 is 0. The summed E-state index contributed by atoms with van der Waals surface area (Å²) in [6.45, 7) is 0.502. The molecule has 25 heavy (non-hydrogen) atoms. The molecule has 2 aromatic carbocycles. The number of amides is 2. The number of hydrogen-bond acceptors (Lipinski definition) is 3. The maximum absolute atomic E-state index is 11.8. The fourth-order valence-corrected chi connectivity index (χ4v) is 2.56. The zero-order valence-corrected chi connectivity index (χ0v) is 14.0. The van der Waals surface area contributed by atoms with Crippen molar-refractivity contribution in [3.63, 3.8) is 0 Å². The van der Waals surface area contributed by atoms with Gasteiger partial charge in [-0.15, -0.1) is 0 Å². The van der Waals surface area contributed by atoms with Crippen molar-refractivity contribution in [2.45, 2.75) is 31.9 Å². The Morgan fingerprint density at radius 3 is 2.32 bits per heavy atom. The fraction of sp³-hybridized carbons (Fsp3) is 0.300. The van der Waals surface area contributed by atoms with Crippen LogP contribution in [0.15, 0.2) is 54.6 Å². The number of benzene rings is 2. The van der Waals surface area contributed by atoms with Gasteiger partial charge in [-0.3, -0.25) is 9.59 Å². The largest absolute Gasteiger partial charge is 0.489 e. The molecule has 5 nitrogen and oxygen atoms in total. The average molecular weight is 338 g/mol. The zero-order valence-electron chi connectivity index (χ0n) is 14.0. The van der Waals surface area contributed by atoms with Gasteiger partial charge in [-0.2, -0.15) is 0 Å². The molecule has 0 aliphatic heterocycles. The Kier molecular flexibility index (Phi) is 5.33. The van der Waals surface area contributed by atoms with E-state index in [1.165, 1.54) is 0 Å². The molecule has 0 spiro atoms. The lowest BCUT2D eigenvalue weighted by Gasteiger charge is -2.15. The molecule has 3 rings (SSSR count). The molecule has 0 unspecified atom stereocenters. The van der Waals surface area contributed by atoms with Gasteiger partial charge in [0.1, 0.15) is 18.4 Å². The summed E-state index contributed by atoms with van der Waals surface area (Å²) in [7, 11) is 0. The Hall–Kier alpha value is -2.82. The third-order valence-corrected chi connectivity index (χ3v) is 4.22. The summed E-state index contributed by atoms with van der Waals surface area (Å²) in [5.74, 6) is 0.214. The molecule has 1 aliphatic rings. The highest BCUT2D eigenvalue weighted by Gasteiger charge is 2.32. The number of nitrogens with two attached hydrogens (primary N) is 1. The molecule has 2 aromatic rings. The maximum Gasteiger partial charge on any atom is 0.240 e. The van der Waals surface area contributed by atoms with Crippen LogP contribution in [-0.2, 0) is 22.6 Å². The van der Waals surface area contributed by atoms with Gasteiger partial charge < -0.3 is 15.8 Å². The normalized spacial score (nSPS) is 14.6. The van der Waals surface area contributed by atoms with Gasteiger partial charge in [0.2, 0.25) is 11.8 Å². The lowest BCUT2D eigenvalue weighted by Crippen LogP contribution is -2.46. The SMILES string of the molecule is NC(=O)[C@H](Cc1ccc(OCc2ccccc2)cc1)NC(=O)C1CC1. The molecular weight excluding hydrogens is 316 g/mol. The Bertz CT molecular complexity index is 724. The summed E-state index contributed by atoms with van der Waals surface area (Å²) in [6.07, 6.45) is 2.17. The Morgan fingerprint density at radius 2 is 1.72 bits per heavy atom. The van der Waals surface area contributed by atoms with E-state index in [9.17, 15) is 9.59 Å². The number of carbonyl (C=O) groups excluding carboxylic acids is 2. The van der Waals surface area contributed by atoms with Gasteiger partial charge in [0, 0.05) is 12.3 Å². The molecule has 0 aromatic heterocycles. The van der Waals surface area contributed by atoms with Crippen LogP contribution >= 0.6 is 0 Å². The van der Waals surface area contributed by atoms with Crippen molar-refractivity contribution < 1.29 is 14.3 Å². The van der Waals surface area contributed by atoms with Crippen molar-refractivity contribution in [3.8, 4) is 5.75 Å². The van der Waals surface area contributed by atoms with Gasteiger partial charge in [-0.25, -0.2) is 0 Å². The van der Waals surface area contributed by atoms with Gasteiger partial charge >= 0.3 is 0 Å². The monoisotopic (exact) mass is 338 g/mol. The van der Waals surface area contributed by atoms with Gasteiger partial charge in [-0.1, -0.05) is 42.5 Å². The summed E-state index contributed by atoms with van der Waals surface area (Å²) in [5.41, 5.74) is 7.44. The minimum absolute atomic E-state index is 0.0515. The second kappa shape index (κ2) is 7.83. The topological polar surface area (TPSA) is 81.4 Å². The van der Waals surface area contributed by atoms with Crippen molar-refractivity contribution in [1.29, 1.82) is 0 Å². The molecule has 1 fully saturated rings. The number of primary amides is 1. The number of ether oxygens (including phenoxy) is 1. The van der Waals surface area contributed by atoms with Crippen LogP contribution < -0.4 is 15.8 Å². The van der Waals surface area contributed by atoms with E-state index in [0.717, 1.165) is 29.7 Å². The second-order valence-corrected chi connectivity index (χ2v) is 6.36.